The van der Waals surface area contributed by atoms with Crippen molar-refractivity contribution in [1.82, 2.24) is 9.78 Å². The summed E-state index contributed by atoms with van der Waals surface area (Å²) in [5.74, 6) is 0.1000. The fourth-order valence-electron chi connectivity index (χ4n) is 2.08. The topological polar surface area (TPSA) is 34.9 Å². The molecule has 0 bridgehead atoms. The van der Waals surface area contributed by atoms with Gasteiger partial charge in [-0.25, -0.2) is 4.68 Å². The van der Waals surface area contributed by atoms with E-state index in [9.17, 15) is 4.79 Å². The molecule has 6 heteroatoms. The number of thioether (sulfide) groups is 1. The Morgan fingerprint density at radius 2 is 1.74 bits per heavy atom. The molecule has 116 valence electrons. The number of Topliss-reactive ketones (excluding diaryl/α,β-unsaturated/α-hetero) is 1. The van der Waals surface area contributed by atoms with Crippen molar-refractivity contribution in [3.63, 3.8) is 0 Å². The largest absolute Gasteiger partial charge is 0.293 e. The molecule has 3 rings (SSSR count). The molecule has 23 heavy (non-hydrogen) atoms. The normalized spacial score (nSPS) is 12.0. The summed E-state index contributed by atoms with van der Waals surface area (Å²) in [6.07, 6.45) is 0. The number of hydrogen-bond donors (Lipinski definition) is 0. The monoisotopic (exact) mass is 358 g/mol. The predicted molar refractivity (Wildman–Crippen MR) is 98.4 cm³/mol. The maximum Gasteiger partial charge on any atom is 0.184 e. The molecule has 0 aliphatic heterocycles. The Balaban J connectivity index is 1.79. The standard InChI is InChI=1S/C17H14N2OS3/c1-12(15(20)13-8-4-2-5-9-13)22-16-18-19(17(21)23-16)14-10-6-3-7-11-14/h2-12H,1H3. The van der Waals surface area contributed by atoms with Gasteiger partial charge < -0.3 is 0 Å². The van der Waals surface area contributed by atoms with E-state index < -0.39 is 0 Å². The molecule has 0 radical (unpaired) electrons. The Hall–Kier alpha value is -1.76. The Morgan fingerprint density at radius 3 is 2.39 bits per heavy atom. The van der Waals surface area contributed by atoms with Crippen molar-refractivity contribution in [1.29, 1.82) is 0 Å². The average Bonchev–Trinajstić information content (AvgIpc) is 2.96. The van der Waals surface area contributed by atoms with Crippen molar-refractivity contribution in [2.24, 2.45) is 0 Å². The molecule has 0 amide bonds. The summed E-state index contributed by atoms with van der Waals surface area (Å²) in [4.78, 5) is 12.4. The second-order valence-electron chi connectivity index (χ2n) is 4.87. The van der Waals surface area contributed by atoms with Crippen molar-refractivity contribution in [2.45, 2.75) is 16.5 Å². The summed E-state index contributed by atoms with van der Waals surface area (Å²) >= 11 is 8.26. The van der Waals surface area contributed by atoms with Gasteiger partial charge in [0.2, 0.25) is 0 Å². The van der Waals surface area contributed by atoms with Gasteiger partial charge in [0, 0.05) is 5.56 Å². The molecular weight excluding hydrogens is 344 g/mol. The van der Waals surface area contributed by atoms with Crippen LogP contribution in [0.2, 0.25) is 0 Å². The highest BCUT2D eigenvalue weighted by Crippen LogP contribution is 2.29. The van der Waals surface area contributed by atoms with Crippen LogP contribution in [-0.2, 0) is 0 Å². The summed E-state index contributed by atoms with van der Waals surface area (Å²) in [5.41, 5.74) is 1.65. The Labute approximate surface area is 148 Å². The first-order valence-electron chi connectivity index (χ1n) is 7.06. The molecule has 0 aliphatic rings. The number of nitrogens with zero attached hydrogens (tertiary/aromatic N) is 2. The third-order valence-corrected chi connectivity index (χ3v) is 5.65. The first kappa shape index (κ1) is 16.1. The van der Waals surface area contributed by atoms with Crippen LogP contribution in [0.15, 0.2) is 65.0 Å². The molecule has 1 unspecified atom stereocenters. The lowest BCUT2D eigenvalue weighted by molar-refractivity contribution is 0.0994. The highest BCUT2D eigenvalue weighted by Gasteiger charge is 2.18. The van der Waals surface area contributed by atoms with Crippen molar-refractivity contribution in [2.75, 3.05) is 0 Å². The van der Waals surface area contributed by atoms with E-state index in [1.807, 2.05) is 67.6 Å². The van der Waals surface area contributed by atoms with Crippen LogP contribution in [0.1, 0.15) is 17.3 Å². The van der Waals surface area contributed by atoms with Crippen LogP contribution in [0.5, 0.6) is 0 Å². The molecule has 2 aromatic carbocycles. The lowest BCUT2D eigenvalue weighted by atomic mass is 10.1. The number of carbonyl (C=O) groups excluding carboxylic acids is 1. The number of carbonyl (C=O) groups is 1. The summed E-state index contributed by atoms with van der Waals surface area (Å²) in [5, 5.41) is 4.33. The van der Waals surface area contributed by atoms with Gasteiger partial charge in [0.25, 0.3) is 0 Å². The third-order valence-electron chi connectivity index (χ3n) is 3.24. The van der Waals surface area contributed by atoms with Crippen molar-refractivity contribution < 1.29 is 4.79 Å². The van der Waals surface area contributed by atoms with Gasteiger partial charge in [0.05, 0.1) is 10.9 Å². The Kier molecular flexibility index (Phi) is 5.05. The molecule has 0 fully saturated rings. The SMILES string of the molecule is CC(Sc1nn(-c2ccccc2)c(=S)s1)C(=O)c1ccccc1. The van der Waals surface area contributed by atoms with Crippen LogP contribution >= 0.6 is 35.3 Å². The Morgan fingerprint density at radius 1 is 1.13 bits per heavy atom. The van der Waals surface area contributed by atoms with Crippen LogP contribution in [-0.4, -0.2) is 20.8 Å². The number of benzene rings is 2. The second kappa shape index (κ2) is 7.21. The lowest BCUT2D eigenvalue weighted by Gasteiger charge is -2.07. The molecule has 0 saturated carbocycles. The predicted octanol–water partition coefficient (Wildman–Crippen LogP) is 5.03. The number of aromatic nitrogens is 2. The highest BCUT2D eigenvalue weighted by atomic mass is 32.2. The zero-order chi connectivity index (χ0) is 16.2. The van der Waals surface area contributed by atoms with Crippen LogP contribution in [0.4, 0.5) is 0 Å². The van der Waals surface area contributed by atoms with Gasteiger partial charge in [-0.3, -0.25) is 4.79 Å². The van der Waals surface area contributed by atoms with Gasteiger partial charge in [-0.05, 0) is 31.3 Å². The molecule has 0 saturated heterocycles. The maximum absolute atomic E-state index is 12.4. The van der Waals surface area contributed by atoms with Crippen molar-refractivity contribution in [3.05, 3.63) is 70.2 Å². The van der Waals surface area contributed by atoms with Crippen molar-refractivity contribution >= 4 is 41.1 Å². The quantitative estimate of drug-likeness (QED) is 0.364. The van der Waals surface area contributed by atoms with Gasteiger partial charge in [-0.1, -0.05) is 71.6 Å². The molecular formula is C17H14N2OS3. The minimum Gasteiger partial charge on any atom is -0.293 e. The molecule has 3 nitrogen and oxygen atoms in total. The van der Waals surface area contributed by atoms with Crippen molar-refractivity contribution in [3.8, 4) is 5.69 Å². The van der Waals surface area contributed by atoms with E-state index in [-0.39, 0.29) is 11.0 Å². The number of rotatable bonds is 5. The first-order chi connectivity index (χ1) is 11.1. The fourth-order valence-corrected chi connectivity index (χ4v) is 4.67. The van der Waals surface area contributed by atoms with Gasteiger partial charge in [0.1, 0.15) is 0 Å². The smallest absolute Gasteiger partial charge is 0.184 e. The number of para-hydroxylation sites is 1. The van der Waals surface area contributed by atoms with Crippen LogP contribution in [0.25, 0.3) is 5.69 Å². The lowest BCUT2D eigenvalue weighted by Crippen LogP contribution is -2.13. The van der Waals surface area contributed by atoms with Crippen LogP contribution < -0.4 is 0 Å². The second-order valence-corrected chi connectivity index (χ2v) is 8.08. The summed E-state index contributed by atoms with van der Waals surface area (Å²) in [6, 6.07) is 19.1. The minimum absolute atomic E-state index is 0.1000. The van der Waals surface area contributed by atoms with E-state index in [4.69, 9.17) is 12.2 Å². The Bertz CT molecular complexity index is 856. The van der Waals surface area contributed by atoms with Crippen LogP contribution in [0, 0.1) is 3.95 Å². The van der Waals surface area contributed by atoms with Gasteiger partial charge in [-0.2, -0.15) is 0 Å². The van der Waals surface area contributed by atoms with Crippen LogP contribution in [0.3, 0.4) is 0 Å². The minimum atomic E-state index is -0.206. The van der Waals surface area contributed by atoms with Gasteiger partial charge in [-0.15, -0.1) is 5.10 Å². The number of hydrogen-bond acceptors (Lipinski definition) is 5. The average molecular weight is 359 g/mol. The summed E-state index contributed by atoms with van der Waals surface area (Å²) in [7, 11) is 0. The highest BCUT2D eigenvalue weighted by molar-refractivity contribution is 8.02. The molecule has 1 atom stereocenters. The summed E-state index contributed by atoms with van der Waals surface area (Å²) in [6.45, 7) is 1.90. The first-order valence-corrected chi connectivity index (χ1v) is 9.17. The van der Waals surface area contributed by atoms with E-state index in [2.05, 4.69) is 5.10 Å². The molecule has 3 aromatic rings. The molecule has 0 spiro atoms. The third kappa shape index (κ3) is 3.77. The zero-order valence-corrected chi connectivity index (χ0v) is 14.8. The molecule has 1 aromatic heterocycles. The van der Waals surface area contributed by atoms with E-state index in [0.29, 0.717) is 3.95 Å². The molecule has 1 heterocycles. The van der Waals surface area contributed by atoms with E-state index in [0.717, 1.165) is 15.6 Å². The van der Waals surface area contributed by atoms with E-state index in [1.165, 1.54) is 23.1 Å². The summed E-state index contributed by atoms with van der Waals surface area (Å²) < 4.78 is 3.22. The van der Waals surface area contributed by atoms with E-state index >= 15 is 0 Å². The van der Waals surface area contributed by atoms with Gasteiger partial charge in [0.15, 0.2) is 14.1 Å². The zero-order valence-electron chi connectivity index (χ0n) is 12.4. The fraction of sp³-hybridized carbons (Fsp3) is 0.118. The maximum atomic E-state index is 12.4. The van der Waals surface area contributed by atoms with E-state index in [1.54, 1.807) is 4.68 Å². The number of ketones is 1. The van der Waals surface area contributed by atoms with Gasteiger partial charge >= 0.3 is 0 Å². The molecule has 0 N–H and O–H groups in total. The molecule has 0 aliphatic carbocycles.